The molecule has 7 rings (SSSR count). The van der Waals surface area contributed by atoms with E-state index in [0.29, 0.717) is 16.7 Å². The van der Waals surface area contributed by atoms with Gasteiger partial charge in [0.2, 0.25) is 0 Å². The summed E-state index contributed by atoms with van der Waals surface area (Å²) in [5, 5.41) is 3.13. The summed E-state index contributed by atoms with van der Waals surface area (Å²) in [4.78, 5) is 9.05. The van der Waals surface area contributed by atoms with E-state index in [2.05, 4.69) is 86.8 Å². The van der Waals surface area contributed by atoms with Gasteiger partial charge in [-0.1, -0.05) is 73.3 Å². The third-order valence-electron chi connectivity index (χ3n) is 8.10. The maximum Gasteiger partial charge on any atom is 0.126 e. The van der Waals surface area contributed by atoms with Crippen molar-refractivity contribution in [3.05, 3.63) is 138 Å². The second kappa shape index (κ2) is 13.9. The van der Waals surface area contributed by atoms with Gasteiger partial charge in [0, 0.05) is 48.1 Å². The van der Waals surface area contributed by atoms with E-state index in [0.717, 1.165) is 38.9 Å². The molecule has 0 saturated carbocycles. The van der Waals surface area contributed by atoms with Crippen LogP contribution in [0.4, 0.5) is 4.39 Å². The number of furan rings is 1. The van der Waals surface area contributed by atoms with Crippen LogP contribution in [0.1, 0.15) is 26.4 Å². The van der Waals surface area contributed by atoms with Crippen molar-refractivity contribution in [3.63, 3.8) is 0 Å². The first kappa shape index (κ1) is 30.1. The van der Waals surface area contributed by atoms with Crippen LogP contribution in [0.15, 0.2) is 102 Å². The van der Waals surface area contributed by atoms with Crippen molar-refractivity contribution < 1.29 is 33.0 Å². The SMILES string of the molecule is Cc1cc(C)c(-c2ccnc(-c3[c-]ccc4c3oc3cc(F)ccc34)c2)c(C)c1.[2H]C([2H])([2H])c1c[c-]c(-c2ccc([Si](C)(C)C)cn2)cc1.[Ir]. The minimum Gasteiger partial charge on any atom is -0.500 e. The predicted molar refractivity (Wildman–Crippen MR) is 192 cm³/mol. The number of halogens is 1. The quantitative estimate of drug-likeness (QED) is 0.131. The molecule has 3 heterocycles. The van der Waals surface area contributed by atoms with Gasteiger partial charge in [-0.3, -0.25) is 0 Å². The van der Waals surface area contributed by atoms with Crippen molar-refractivity contribution in [2.75, 3.05) is 0 Å². The summed E-state index contributed by atoms with van der Waals surface area (Å²) in [6, 6.07) is 32.2. The molecule has 47 heavy (non-hydrogen) atoms. The fourth-order valence-electron chi connectivity index (χ4n) is 5.84. The smallest absolute Gasteiger partial charge is 0.126 e. The molecule has 0 atom stereocenters. The maximum atomic E-state index is 13.7. The van der Waals surface area contributed by atoms with E-state index in [1.807, 2.05) is 36.7 Å². The summed E-state index contributed by atoms with van der Waals surface area (Å²) in [5.41, 5.74) is 10.8. The van der Waals surface area contributed by atoms with E-state index in [-0.39, 0.29) is 25.9 Å². The van der Waals surface area contributed by atoms with Gasteiger partial charge in [-0.2, -0.15) is 0 Å². The first-order valence-corrected chi connectivity index (χ1v) is 18.8. The first-order valence-electron chi connectivity index (χ1n) is 16.8. The van der Waals surface area contributed by atoms with Gasteiger partial charge in [-0.15, -0.1) is 53.6 Å². The van der Waals surface area contributed by atoms with Gasteiger partial charge in [0.15, 0.2) is 0 Å². The summed E-state index contributed by atoms with van der Waals surface area (Å²) in [6.07, 6.45) is 3.74. The molecule has 6 heteroatoms. The molecule has 7 aromatic rings. The molecule has 4 aromatic carbocycles. The van der Waals surface area contributed by atoms with Crippen molar-refractivity contribution in [1.82, 2.24) is 9.97 Å². The molecule has 239 valence electrons. The molecule has 0 saturated heterocycles. The number of benzene rings is 4. The van der Waals surface area contributed by atoms with Crippen LogP contribution in [0.2, 0.25) is 19.6 Å². The molecule has 3 nitrogen and oxygen atoms in total. The number of nitrogens with zero attached hydrogens (tertiary/aromatic N) is 2. The fraction of sp³-hybridized carbons (Fsp3) is 0.171. The van der Waals surface area contributed by atoms with E-state index in [1.54, 1.807) is 18.2 Å². The van der Waals surface area contributed by atoms with Crippen LogP contribution in [0.3, 0.4) is 0 Å². The Kier molecular flexibility index (Phi) is 8.89. The van der Waals surface area contributed by atoms with Crippen molar-refractivity contribution in [2.45, 2.75) is 47.3 Å². The summed E-state index contributed by atoms with van der Waals surface area (Å²) in [7, 11) is -1.34. The van der Waals surface area contributed by atoms with Crippen LogP contribution in [0.25, 0.3) is 55.6 Å². The minimum absolute atomic E-state index is 0. The standard InChI is InChI=1S/C26H19FNO.C15H18NSi.Ir/c1-15-11-16(2)25(17(3)12-15)18-9-10-28-23(13-18)22-6-4-5-21-20-8-7-19(27)14-24(20)29-26(21)22;1-12-5-7-13(8-6-12)15-10-9-14(11-16-15)17(2,3)4;/h4-5,7-14H,1-3H3;5-7,9-11H,1-4H3;/q2*-1;/i;1D3;. The molecule has 0 unspecified atom stereocenters. The monoisotopic (exact) mass is 816 g/mol. The maximum absolute atomic E-state index is 13.7. The van der Waals surface area contributed by atoms with Gasteiger partial charge in [0.25, 0.3) is 0 Å². The Morgan fingerprint density at radius 3 is 2.23 bits per heavy atom. The van der Waals surface area contributed by atoms with Gasteiger partial charge in [-0.25, -0.2) is 4.39 Å². The van der Waals surface area contributed by atoms with Gasteiger partial charge in [0.1, 0.15) is 11.4 Å². The van der Waals surface area contributed by atoms with Crippen molar-refractivity contribution in [3.8, 4) is 33.6 Å². The fourth-order valence-corrected chi connectivity index (χ4v) is 6.88. The Hall–Kier alpha value is -4.22. The van der Waals surface area contributed by atoms with Gasteiger partial charge in [0.05, 0.1) is 13.7 Å². The predicted octanol–water partition coefficient (Wildman–Crippen LogP) is 10.6. The Morgan fingerprint density at radius 2 is 1.57 bits per heavy atom. The molecular weight excluding hydrogens is 776 g/mol. The summed E-state index contributed by atoms with van der Waals surface area (Å²) < 4.78 is 41.7. The second-order valence-electron chi connectivity index (χ2n) is 12.7. The molecular formula is C41H37FIrN2OSi-2. The van der Waals surface area contributed by atoms with Crippen LogP contribution >= 0.6 is 0 Å². The zero-order valence-corrected chi connectivity index (χ0v) is 30.6. The summed E-state index contributed by atoms with van der Waals surface area (Å²) in [5.74, 6) is -0.312. The summed E-state index contributed by atoms with van der Waals surface area (Å²) in [6.45, 7) is 11.1. The molecule has 1 radical (unpaired) electrons. The zero-order chi connectivity index (χ0) is 35.1. The third kappa shape index (κ3) is 7.36. The Bertz CT molecular complexity index is 2220. The normalized spacial score (nSPS) is 12.4. The molecule has 0 aliphatic heterocycles. The number of fused-ring (bicyclic) bond motifs is 3. The minimum atomic E-state index is -2.08. The Morgan fingerprint density at radius 1 is 0.787 bits per heavy atom. The van der Waals surface area contributed by atoms with Crippen LogP contribution < -0.4 is 5.19 Å². The third-order valence-corrected chi connectivity index (χ3v) is 10.1. The number of rotatable bonds is 4. The molecule has 0 aliphatic carbocycles. The number of pyridine rings is 2. The zero-order valence-electron chi connectivity index (χ0n) is 30.3. The van der Waals surface area contributed by atoms with Gasteiger partial charge in [-0.05, 0) is 77.8 Å². The average molecular weight is 816 g/mol. The average Bonchev–Trinajstić information content (AvgIpc) is 3.42. The number of hydrogen-bond acceptors (Lipinski definition) is 3. The van der Waals surface area contributed by atoms with Crippen molar-refractivity contribution in [2.24, 2.45) is 0 Å². The van der Waals surface area contributed by atoms with Crippen molar-refractivity contribution >= 4 is 35.2 Å². The molecule has 0 N–H and O–H groups in total. The second-order valence-corrected chi connectivity index (χ2v) is 17.8. The van der Waals surface area contributed by atoms with E-state index in [4.69, 9.17) is 8.53 Å². The topological polar surface area (TPSA) is 38.9 Å². The number of hydrogen-bond donors (Lipinski definition) is 0. The van der Waals surface area contributed by atoms with Gasteiger partial charge >= 0.3 is 0 Å². The Labute approximate surface area is 295 Å². The van der Waals surface area contributed by atoms with Crippen molar-refractivity contribution in [1.29, 1.82) is 0 Å². The van der Waals surface area contributed by atoms with E-state index >= 15 is 0 Å². The largest absolute Gasteiger partial charge is 0.500 e. The van der Waals surface area contributed by atoms with E-state index < -0.39 is 14.9 Å². The number of aromatic nitrogens is 2. The van der Waals surface area contributed by atoms with Crippen LogP contribution in [-0.2, 0) is 20.1 Å². The Balaban J connectivity index is 0.000000204. The van der Waals surface area contributed by atoms with Crippen LogP contribution in [0.5, 0.6) is 0 Å². The molecule has 0 aliphatic rings. The molecule has 0 amide bonds. The van der Waals surface area contributed by atoms with Crippen LogP contribution in [-0.4, -0.2) is 18.0 Å². The molecule has 0 spiro atoms. The molecule has 3 aromatic heterocycles. The van der Waals surface area contributed by atoms with E-state index in [1.165, 1.54) is 45.6 Å². The summed E-state index contributed by atoms with van der Waals surface area (Å²) >= 11 is 0. The van der Waals surface area contributed by atoms with E-state index in [9.17, 15) is 4.39 Å². The number of aryl methyl sites for hydroxylation is 4. The van der Waals surface area contributed by atoms with Gasteiger partial charge < -0.3 is 14.4 Å². The van der Waals surface area contributed by atoms with Crippen LogP contribution in [0, 0.1) is 45.6 Å². The first-order chi connectivity index (χ1) is 23.2. The molecule has 0 fully saturated rings. The molecule has 0 bridgehead atoms.